The zero-order valence-corrected chi connectivity index (χ0v) is 12.9. The van der Waals surface area contributed by atoms with E-state index in [-0.39, 0.29) is 0 Å². The van der Waals surface area contributed by atoms with Crippen LogP contribution in [0.5, 0.6) is 11.5 Å². The van der Waals surface area contributed by atoms with Crippen molar-refractivity contribution < 1.29 is 14.6 Å². The highest BCUT2D eigenvalue weighted by Gasteiger charge is 2.22. The molecule has 0 saturated heterocycles. The highest BCUT2D eigenvalue weighted by atomic mass is 79.9. The molecule has 0 bridgehead atoms. The fraction of sp³-hybridized carbons (Fsp3) is 0.231. The van der Waals surface area contributed by atoms with Crippen molar-refractivity contribution in [3.8, 4) is 11.5 Å². The van der Waals surface area contributed by atoms with E-state index in [2.05, 4.69) is 15.9 Å². The maximum absolute atomic E-state index is 10.4. The van der Waals surface area contributed by atoms with Crippen molar-refractivity contribution in [2.75, 3.05) is 13.2 Å². The highest BCUT2D eigenvalue weighted by Crippen LogP contribution is 2.41. The predicted octanol–water partition coefficient (Wildman–Crippen LogP) is 4.02. The summed E-state index contributed by atoms with van der Waals surface area (Å²) in [5, 5.41) is 12.8. The number of aliphatic hydroxyl groups is 1. The van der Waals surface area contributed by atoms with E-state index < -0.39 is 6.10 Å². The van der Waals surface area contributed by atoms with E-state index in [4.69, 9.17) is 21.1 Å². The Balaban J connectivity index is 2.03. The number of halogens is 2. The first-order valence-electron chi connectivity index (χ1n) is 5.67. The predicted molar refractivity (Wildman–Crippen MR) is 78.5 cm³/mol. The Hall–Kier alpha value is -0.750. The third-order valence-corrected chi connectivity index (χ3v) is 5.10. The van der Waals surface area contributed by atoms with Crippen LogP contribution in [0.25, 0.3) is 0 Å². The van der Waals surface area contributed by atoms with Gasteiger partial charge in [-0.15, -0.1) is 11.3 Å². The molecule has 100 valence electrons. The number of aliphatic hydroxyl groups excluding tert-OH is 1. The fourth-order valence-corrected chi connectivity index (χ4v) is 3.78. The normalized spacial score (nSPS) is 15.3. The van der Waals surface area contributed by atoms with E-state index in [1.165, 1.54) is 11.3 Å². The molecule has 1 aliphatic heterocycles. The molecule has 3 nitrogen and oxygen atoms in total. The Kier molecular flexibility index (Phi) is 3.71. The van der Waals surface area contributed by atoms with Gasteiger partial charge < -0.3 is 14.6 Å². The van der Waals surface area contributed by atoms with Crippen LogP contribution in [-0.4, -0.2) is 18.3 Å². The number of hydrogen-bond donors (Lipinski definition) is 1. The van der Waals surface area contributed by atoms with Gasteiger partial charge in [0.05, 0.1) is 9.90 Å². The molecule has 1 N–H and O–H groups in total. The van der Waals surface area contributed by atoms with Crippen molar-refractivity contribution in [3.63, 3.8) is 0 Å². The number of fused-ring (bicyclic) bond motifs is 1. The monoisotopic (exact) mass is 360 g/mol. The molecule has 19 heavy (non-hydrogen) atoms. The van der Waals surface area contributed by atoms with Gasteiger partial charge in [-0.2, -0.15) is 0 Å². The van der Waals surface area contributed by atoms with Gasteiger partial charge in [0.25, 0.3) is 0 Å². The topological polar surface area (TPSA) is 38.7 Å². The fourth-order valence-electron chi connectivity index (χ4n) is 1.93. The molecule has 2 heterocycles. The van der Waals surface area contributed by atoms with E-state index in [9.17, 15) is 5.11 Å². The van der Waals surface area contributed by atoms with Crippen LogP contribution < -0.4 is 9.47 Å². The summed E-state index contributed by atoms with van der Waals surface area (Å²) in [7, 11) is 0. The zero-order chi connectivity index (χ0) is 13.4. The van der Waals surface area contributed by atoms with Gasteiger partial charge in [-0.3, -0.25) is 0 Å². The molecule has 3 rings (SSSR count). The van der Waals surface area contributed by atoms with E-state index >= 15 is 0 Å². The largest absolute Gasteiger partial charge is 0.486 e. The molecule has 0 spiro atoms. The van der Waals surface area contributed by atoms with Crippen molar-refractivity contribution >= 4 is 38.9 Å². The first kappa shape index (κ1) is 13.2. The molecule has 0 aliphatic carbocycles. The lowest BCUT2D eigenvalue weighted by Crippen LogP contribution is -2.16. The number of rotatable bonds is 2. The molecule has 1 aliphatic rings. The molecule has 6 heteroatoms. The van der Waals surface area contributed by atoms with Crippen LogP contribution in [-0.2, 0) is 0 Å². The van der Waals surface area contributed by atoms with Gasteiger partial charge in [-0.1, -0.05) is 11.6 Å². The van der Waals surface area contributed by atoms with Gasteiger partial charge in [0, 0.05) is 16.1 Å². The Bertz CT molecular complexity index is 614. The minimum Gasteiger partial charge on any atom is -0.486 e. The second-order valence-corrected chi connectivity index (χ2v) is 6.26. The molecule has 1 atom stereocenters. The first-order chi connectivity index (χ1) is 9.16. The number of hydrogen-bond acceptors (Lipinski definition) is 4. The van der Waals surface area contributed by atoms with Crippen LogP contribution in [0.4, 0.5) is 0 Å². The molecule has 0 amide bonds. The summed E-state index contributed by atoms with van der Waals surface area (Å²) in [6.07, 6.45) is -0.780. The van der Waals surface area contributed by atoms with E-state index in [1.807, 2.05) is 11.4 Å². The molecule has 0 fully saturated rings. The summed E-state index contributed by atoms with van der Waals surface area (Å²) >= 11 is 11.1. The molecular formula is C13H10BrClO3S. The second-order valence-electron chi connectivity index (χ2n) is 4.05. The van der Waals surface area contributed by atoms with Crippen LogP contribution >= 0.6 is 38.9 Å². The lowest BCUT2D eigenvalue weighted by atomic mass is 10.1. The average molecular weight is 362 g/mol. The Morgan fingerprint density at radius 2 is 1.95 bits per heavy atom. The lowest BCUT2D eigenvalue weighted by Gasteiger charge is -2.21. The van der Waals surface area contributed by atoms with Gasteiger partial charge in [0.15, 0.2) is 11.5 Å². The molecule has 1 aromatic carbocycles. The van der Waals surface area contributed by atoms with E-state index in [1.54, 1.807) is 12.1 Å². The van der Waals surface area contributed by atoms with Gasteiger partial charge in [0.2, 0.25) is 0 Å². The second kappa shape index (κ2) is 5.32. The zero-order valence-electron chi connectivity index (χ0n) is 9.73. The van der Waals surface area contributed by atoms with Crippen LogP contribution in [0.2, 0.25) is 5.02 Å². The number of ether oxygens (including phenoxy) is 2. The smallest absolute Gasteiger partial charge is 0.162 e. The number of thiophene rings is 1. The summed E-state index contributed by atoms with van der Waals surface area (Å²) in [6.45, 7) is 1.02. The van der Waals surface area contributed by atoms with Gasteiger partial charge in [-0.25, -0.2) is 0 Å². The van der Waals surface area contributed by atoms with Crippen LogP contribution in [0.1, 0.15) is 16.5 Å². The molecular weight excluding hydrogens is 352 g/mol. The SMILES string of the molecule is OC(c1cc2c(cc1Cl)OCCO2)c1sccc1Br. The van der Waals surface area contributed by atoms with Crippen molar-refractivity contribution in [2.24, 2.45) is 0 Å². The average Bonchev–Trinajstić information content (AvgIpc) is 2.83. The van der Waals surface area contributed by atoms with Gasteiger partial charge in [0.1, 0.15) is 19.3 Å². The van der Waals surface area contributed by atoms with Crippen molar-refractivity contribution in [3.05, 3.63) is 43.5 Å². The first-order valence-corrected chi connectivity index (χ1v) is 7.72. The quantitative estimate of drug-likeness (QED) is 0.878. The summed E-state index contributed by atoms with van der Waals surface area (Å²) in [5.74, 6) is 1.25. The van der Waals surface area contributed by atoms with Crippen LogP contribution in [0.3, 0.4) is 0 Å². The standard InChI is InChI=1S/C13H10BrClO3S/c14-8-1-4-19-13(8)12(16)7-5-10-11(6-9(7)15)18-3-2-17-10/h1,4-6,12,16H,2-3H2. The maximum Gasteiger partial charge on any atom is 0.162 e. The third-order valence-electron chi connectivity index (χ3n) is 2.85. The molecule has 0 radical (unpaired) electrons. The molecule has 1 unspecified atom stereocenters. The summed E-state index contributed by atoms with van der Waals surface area (Å²) < 4.78 is 11.8. The molecule has 1 aromatic heterocycles. The summed E-state index contributed by atoms with van der Waals surface area (Å²) in [6, 6.07) is 5.33. The van der Waals surface area contributed by atoms with Crippen LogP contribution in [0.15, 0.2) is 28.1 Å². The molecule has 2 aromatic rings. The van der Waals surface area contributed by atoms with Crippen molar-refractivity contribution in [2.45, 2.75) is 6.10 Å². The maximum atomic E-state index is 10.4. The van der Waals surface area contributed by atoms with Gasteiger partial charge in [-0.05, 0) is 33.4 Å². The minimum absolute atomic E-state index is 0.469. The summed E-state index contributed by atoms with van der Waals surface area (Å²) in [4.78, 5) is 0.818. The Labute approximate surface area is 127 Å². The summed E-state index contributed by atoms with van der Waals surface area (Å²) in [5.41, 5.74) is 0.620. The molecule has 0 saturated carbocycles. The minimum atomic E-state index is -0.780. The van der Waals surface area contributed by atoms with E-state index in [0.717, 1.165) is 9.35 Å². The Morgan fingerprint density at radius 3 is 2.58 bits per heavy atom. The lowest BCUT2D eigenvalue weighted by molar-refractivity contribution is 0.170. The van der Waals surface area contributed by atoms with Crippen LogP contribution in [0, 0.1) is 0 Å². The third kappa shape index (κ3) is 2.48. The van der Waals surface area contributed by atoms with Crippen molar-refractivity contribution in [1.82, 2.24) is 0 Å². The van der Waals surface area contributed by atoms with Crippen molar-refractivity contribution in [1.29, 1.82) is 0 Å². The van der Waals surface area contributed by atoms with Gasteiger partial charge >= 0.3 is 0 Å². The Morgan fingerprint density at radius 1 is 1.26 bits per heavy atom. The highest BCUT2D eigenvalue weighted by molar-refractivity contribution is 9.10. The van der Waals surface area contributed by atoms with E-state index in [0.29, 0.717) is 35.3 Å². The number of benzene rings is 1.